The van der Waals surface area contributed by atoms with Crippen molar-refractivity contribution in [1.82, 2.24) is 24.6 Å². The fraction of sp³-hybridized carbons (Fsp3) is 0.263. The van der Waals surface area contributed by atoms with Gasteiger partial charge in [0.15, 0.2) is 0 Å². The molecule has 4 rings (SSSR count). The lowest BCUT2D eigenvalue weighted by molar-refractivity contribution is 0.0733. The van der Waals surface area contributed by atoms with E-state index in [1.807, 2.05) is 48.5 Å². The van der Waals surface area contributed by atoms with E-state index in [4.69, 9.17) is 5.73 Å². The first-order valence-corrected chi connectivity index (χ1v) is 8.61. The number of carbonyl (C=O) groups is 1. The van der Waals surface area contributed by atoms with Crippen molar-refractivity contribution in [3.8, 4) is 11.1 Å². The van der Waals surface area contributed by atoms with Crippen molar-refractivity contribution < 1.29 is 4.79 Å². The summed E-state index contributed by atoms with van der Waals surface area (Å²) < 4.78 is 1.73. The van der Waals surface area contributed by atoms with Crippen LogP contribution in [0, 0.1) is 0 Å². The predicted octanol–water partition coefficient (Wildman–Crippen LogP) is 2.44. The molecular formula is C19H20N6O. The normalized spacial score (nSPS) is 16.8. The van der Waals surface area contributed by atoms with E-state index < -0.39 is 0 Å². The Bertz CT molecular complexity index is 936. The smallest absolute Gasteiger partial charge is 0.254 e. The van der Waals surface area contributed by atoms with E-state index in [9.17, 15) is 4.79 Å². The molecule has 0 saturated carbocycles. The molecule has 0 unspecified atom stereocenters. The van der Waals surface area contributed by atoms with Gasteiger partial charge in [0.1, 0.15) is 0 Å². The number of hydrogen-bond acceptors (Lipinski definition) is 5. The van der Waals surface area contributed by atoms with Gasteiger partial charge in [-0.1, -0.05) is 18.2 Å². The Labute approximate surface area is 151 Å². The number of likely N-dealkylation sites (tertiary alicyclic amines) is 1. The maximum atomic E-state index is 13.0. The molecule has 1 aromatic carbocycles. The first kappa shape index (κ1) is 16.3. The molecule has 0 aliphatic carbocycles. The van der Waals surface area contributed by atoms with Crippen LogP contribution in [-0.2, 0) is 7.05 Å². The van der Waals surface area contributed by atoms with Crippen LogP contribution in [-0.4, -0.2) is 37.1 Å². The van der Waals surface area contributed by atoms with Crippen molar-refractivity contribution in [2.24, 2.45) is 7.05 Å². The number of anilines is 1. The Balaban J connectivity index is 1.74. The van der Waals surface area contributed by atoms with Crippen LogP contribution in [0.2, 0.25) is 0 Å². The molecule has 0 bridgehead atoms. The van der Waals surface area contributed by atoms with Crippen LogP contribution in [0.25, 0.3) is 11.1 Å². The van der Waals surface area contributed by atoms with E-state index in [0.717, 1.165) is 29.7 Å². The fourth-order valence-corrected chi connectivity index (χ4v) is 3.49. The van der Waals surface area contributed by atoms with Gasteiger partial charge in [-0.05, 0) is 25.0 Å². The molecule has 132 valence electrons. The molecule has 7 heteroatoms. The first-order valence-electron chi connectivity index (χ1n) is 8.61. The Hall–Kier alpha value is -3.22. The van der Waals surface area contributed by atoms with Crippen LogP contribution in [0.15, 0.2) is 48.9 Å². The molecule has 26 heavy (non-hydrogen) atoms. The third-order valence-corrected chi connectivity index (χ3v) is 4.70. The van der Waals surface area contributed by atoms with Gasteiger partial charge in [-0.25, -0.2) is 9.97 Å². The standard InChI is InChI=1S/C19H20N6O/c1-24-12-14(10-22-24)15-11-21-19(20)23-17(15)16-8-5-9-25(16)18(26)13-6-3-2-4-7-13/h2-4,6-7,10-12,16H,5,8-9H2,1H3,(H2,20,21,23)/t16-/m0/s1. The van der Waals surface area contributed by atoms with Crippen molar-refractivity contribution in [3.05, 3.63) is 60.2 Å². The summed E-state index contributed by atoms with van der Waals surface area (Å²) in [5.74, 6) is 0.231. The molecule has 1 saturated heterocycles. The average molecular weight is 348 g/mol. The molecule has 1 aliphatic heterocycles. The number of aryl methyl sites for hydroxylation is 1. The second-order valence-corrected chi connectivity index (χ2v) is 6.45. The van der Waals surface area contributed by atoms with Crippen LogP contribution in [0.3, 0.4) is 0 Å². The topological polar surface area (TPSA) is 89.9 Å². The number of rotatable bonds is 3. The summed E-state index contributed by atoms with van der Waals surface area (Å²) in [6, 6.07) is 9.22. The Morgan fingerprint density at radius 3 is 2.77 bits per heavy atom. The van der Waals surface area contributed by atoms with E-state index in [1.54, 1.807) is 17.1 Å². The zero-order valence-corrected chi connectivity index (χ0v) is 14.5. The average Bonchev–Trinajstić information content (AvgIpc) is 3.31. The van der Waals surface area contributed by atoms with Crippen molar-refractivity contribution in [1.29, 1.82) is 0 Å². The van der Waals surface area contributed by atoms with Gasteiger partial charge < -0.3 is 10.6 Å². The van der Waals surface area contributed by atoms with E-state index in [1.165, 1.54) is 0 Å². The van der Waals surface area contributed by atoms with Gasteiger partial charge in [0.05, 0.1) is 17.9 Å². The molecule has 3 heterocycles. The lowest BCUT2D eigenvalue weighted by Crippen LogP contribution is -2.31. The highest BCUT2D eigenvalue weighted by atomic mass is 16.2. The Morgan fingerprint density at radius 2 is 2.04 bits per heavy atom. The quantitative estimate of drug-likeness (QED) is 0.785. The van der Waals surface area contributed by atoms with Gasteiger partial charge in [-0.2, -0.15) is 5.10 Å². The SMILES string of the molecule is Cn1cc(-c2cnc(N)nc2[C@@H]2CCCN2C(=O)c2ccccc2)cn1. The van der Waals surface area contributed by atoms with E-state index >= 15 is 0 Å². The first-order chi connectivity index (χ1) is 12.6. The summed E-state index contributed by atoms with van der Waals surface area (Å²) >= 11 is 0. The minimum atomic E-state index is -0.122. The third-order valence-electron chi connectivity index (χ3n) is 4.70. The van der Waals surface area contributed by atoms with Crippen LogP contribution in [0.5, 0.6) is 0 Å². The lowest BCUT2D eigenvalue weighted by atomic mass is 10.0. The van der Waals surface area contributed by atoms with Crippen LogP contribution < -0.4 is 5.73 Å². The lowest BCUT2D eigenvalue weighted by Gasteiger charge is -2.26. The largest absolute Gasteiger partial charge is 0.368 e. The number of nitrogens with zero attached hydrogens (tertiary/aromatic N) is 5. The molecule has 1 atom stereocenters. The third kappa shape index (κ3) is 2.92. The molecular weight excluding hydrogens is 328 g/mol. The molecule has 1 aliphatic rings. The van der Waals surface area contributed by atoms with Gasteiger partial charge in [0, 0.05) is 42.7 Å². The van der Waals surface area contributed by atoms with Crippen LogP contribution in [0.1, 0.15) is 34.9 Å². The minimum Gasteiger partial charge on any atom is -0.368 e. The van der Waals surface area contributed by atoms with Gasteiger partial charge in [0.25, 0.3) is 5.91 Å². The molecule has 1 amide bonds. The number of benzene rings is 1. The van der Waals surface area contributed by atoms with E-state index in [2.05, 4.69) is 15.1 Å². The summed E-state index contributed by atoms with van der Waals surface area (Å²) in [7, 11) is 1.86. The highest BCUT2D eigenvalue weighted by Crippen LogP contribution is 2.37. The summed E-state index contributed by atoms with van der Waals surface area (Å²) in [5.41, 5.74) is 9.12. The van der Waals surface area contributed by atoms with Crippen LogP contribution >= 0.6 is 0 Å². The van der Waals surface area contributed by atoms with Crippen molar-refractivity contribution in [2.45, 2.75) is 18.9 Å². The second kappa shape index (κ2) is 6.59. The van der Waals surface area contributed by atoms with Crippen LogP contribution in [0.4, 0.5) is 5.95 Å². The number of nitrogen functional groups attached to an aromatic ring is 1. The summed E-state index contributed by atoms with van der Waals surface area (Å²) in [4.78, 5) is 23.5. The van der Waals surface area contributed by atoms with Gasteiger partial charge >= 0.3 is 0 Å². The van der Waals surface area contributed by atoms with E-state index in [0.29, 0.717) is 12.1 Å². The number of nitrogens with two attached hydrogens (primary N) is 1. The Kier molecular flexibility index (Phi) is 4.12. The molecule has 2 aromatic heterocycles. The molecule has 2 N–H and O–H groups in total. The molecule has 1 fully saturated rings. The minimum absolute atomic E-state index is 0.0161. The fourth-order valence-electron chi connectivity index (χ4n) is 3.49. The summed E-state index contributed by atoms with van der Waals surface area (Å²) in [6.45, 7) is 0.703. The highest BCUT2D eigenvalue weighted by molar-refractivity contribution is 5.94. The monoisotopic (exact) mass is 348 g/mol. The highest BCUT2D eigenvalue weighted by Gasteiger charge is 2.33. The maximum absolute atomic E-state index is 13.0. The zero-order valence-electron chi connectivity index (χ0n) is 14.5. The summed E-state index contributed by atoms with van der Waals surface area (Å²) in [5, 5.41) is 4.23. The molecule has 0 radical (unpaired) electrons. The van der Waals surface area contributed by atoms with Gasteiger partial charge in [-0.3, -0.25) is 9.48 Å². The number of hydrogen-bond donors (Lipinski definition) is 1. The van der Waals surface area contributed by atoms with E-state index in [-0.39, 0.29) is 17.9 Å². The summed E-state index contributed by atoms with van der Waals surface area (Å²) in [6.07, 6.45) is 7.19. The molecule has 7 nitrogen and oxygen atoms in total. The van der Waals surface area contributed by atoms with Crippen molar-refractivity contribution >= 4 is 11.9 Å². The second-order valence-electron chi connectivity index (χ2n) is 6.45. The van der Waals surface area contributed by atoms with Crippen molar-refractivity contribution in [3.63, 3.8) is 0 Å². The van der Waals surface area contributed by atoms with Gasteiger partial charge in [-0.15, -0.1) is 0 Å². The van der Waals surface area contributed by atoms with Gasteiger partial charge in [0.2, 0.25) is 5.95 Å². The van der Waals surface area contributed by atoms with Crippen molar-refractivity contribution in [2.75, 3.05) is 12.3 Å². The Morgan fingerprint density at radius 1 is 1.23 bits per heavy atom. The number of carbonyl (C=O) groups excluding carboxylic acids is 1. The zero-order chi connectivity index (χ0) is 18.1. The molecule has 3 aromatic rings. The predicted molar refractivity (Wildman–Crippen MR) is 98.1 cm³/mol. The number of amides is 1. The molecule has 0 spiro atoms. The maximum Gasteiger partial charge on any atom is 0.254 e. The number of aromatic nitrogens is 4.